The van der Waals surface area contributed by atoms with Gasteiger partial charge in [0, 0.05) is 11.8 Å². The van der Waals surface area contributed by atoms with E-state index in [9.17, 15) is 9.59 Å². The molecule has 19 heavy (non-hydrogen) atoms. The van der Waals surface area contributed by atoms with Gasteiger partial charge in [0.05, 0.1) is 21.8 Å². The van der Waals surface area contributed by atoms with Crippen molar-refractivity contribution >= 4 is 23.5 Å². The van der Waals surface area contributed by atoms with E-state index in [2.05, 4.69) is 4.98 Å². The fourth-order valence-corrected chi connectivity index (χ4v) is 1.84. The van der Waals surface area contributed by atoms with E-state index >= 15 is 0 Å². The third kappa shape index (κ3) is 2.56. The van der Waals surface area contributed by atoms with Gasteiger partial charge < -0.3 is 10.2 Å². The largest absolute Gasteiger partial charge is 0.478 e. The molecule has 0 aliphatic carbocycles. The first-order valence-electron chi connectivity index (χ1n) is 5.22. The summed E-state index contributed by atoms with van der Waals surface area (Å²) in [4.78, 5) is 26.1. The maximum Gasteiger partial charge on any atom is 0.337 e. The number of rotatable bonds is 3. The Balaban J connectivity index is 2.63. The molecular formula is C13H8ClNO4. The van der Waals surface area contributed by atoms with Crippen LogP contribution in [-0.2, 0) is 0 Å². The van der Waals surface area contributed by atoms with Crippen molar-refractivity contribution < 1.29 is 19.8 Å². The molecule has 1 aromatic carbocycles. The third-order valence-corrected chi connectivity index (χ3v) is 2.84. The summed E-state index contributed by atoms with van der Waals surface area (Å²) in [5.41, 5.74) is 0.497. The molecule has 0 radical (unpaired) electrons. The molecule has 0 saturated heterocycles. The van der Waals surface area contributed by atoms with Crippen LogP contribution < -0.4 is 0 Å². The van der Waals surface area contributed by atoms with E-state index in [0.717, 1.165) is 0 Å². The predicted octanol–water partition coefficient (Wildman–Crippen LogP) is 2.80. The molecule has 5 nitrogen and oxygen atoms in total. The van der Waals surface area contributed by atoms with Crippen LogP contribution in [0.15, 0.2) is 36.5 Å². The third-order valence-electron chi connectivity index (χ3n) is 2.51. The lowest BCUT2D eigenvalue weighted by Gasteiger charge is -2.06. The van der Waals surface area contributed by atoms with Crippen molar-refractivity contribution in [2.45, 2.75) is 0 Å². The fourth-order valence-electron chi connectivity index (χ4n) is 1.64. The Labute approximate surface area is 113 Å². The van der Waals surface area contributed by atoms with E-state index in [1.807, 2.05) is 0 Å². The van der Waals surface area contributed by atoms with Crippen LogP contribution in [-0.4, -0.2) is 27.1 Å². The first-order valence-corrected chi connectivity index (χ1v) is 5.60. The minimum atomic E-state index is -1.18. The Morgan fingerprint density at radius 2 is 1.74 bits per heavy atom. The number of hydrogen-bond acceptors (Lipinski definition) is 3. The Bertz CT molecular complexity index is 669. The maximum atomic E-state index is 11.1. The molecule has 96 valence electrons. The monoisotopic (exact) mass is 277 g/mol. The number of aromatic nitrogens is 1. The molecule has 0 amide bonds. The molecule has 1 heterocycles. The molecule has 6 heteroatoms. The molecule has 2 N–H and O–H groups in total. The number of halogens is 1. The van der Waals surface area contributed by atoms with Crippen LogP contribution in [0.3, 0.4) is 0 Å². The van der Waals surface area contributed by atoms with Crippen LogP contribution in [0.2, 0.25) is 5.02 Å². The van der Waals surface area contributed by atoms with Crippen molar-refractivity contribution in [1.82, 2.24) is 4.98 Å². The second-order valence-electron chi connectivity index (χ2n) is 3.70. The quantitative estimate of drug-likeness (QED) is 0.901. The Hall–Kier alpha value is -2.40. The smallest absolute Gasteiger partial charge is 0.337 e. The normalized spacial score (nSPS) is 10.2. The molecule has 0 spiro atoms. The molecule has 0 atom stereocenters. The average molecular weight is 278 g/mol. The van der Waals surface area contributed by atoms with Gasteiger partial charge >= 0.3 is 11.9 Å². The van der Waals surface area contributed by atoms with Crippen molar-refractivity contribution in [2.24, 2.45) is 0 Å². The highest BCUT2D eigenvalue weighted by Crippen LogP contribution is 2.26. The van der Waals surface area contributed by atoms with Crippen LogP contribution in [0.5, 0.6) is 0 Å². The van der Waals surface area contributed by atoms with Crippen molar-refractivity contribution in [3.05, 3.63) is 52.7 Å². The number of hydrogen-bond donors (Lipinski definition) is 2. The first-order chi connectivity index (χ1) is 9.00. The van der Waals surface area contributed by atoms with Gasteiger partial charge in [-0.25, -0.2) is 9.59 Å². The number of nitrogens with zero attached hydrogens (tertiary/aromatic N) is 1. The summed E-state index contributed by atoms with van der Waals surface area (Å²) in [5, 5.41) is 18.2. The minimum Gasteiger partial charge on any atom is -0.478 e. The fraction of sp³-hybridized carbons (Fsp3) is 0. The highest BCUT2D eigenvalue weighted by atomic mass is 35.5. The van der Waals surface area contributed by atoms with Gasteiger partial charge in [-0.2, -0.15) is 0 Å². The predicted molar refractivity (Wildman–Crippen MR) is 68.6 cm³/mol. The van der Waals surface area contributed by atoms with Gasteiger partial charge in [0.1, 0.15) is 0 Å². The Morgan fingerprint density at radius 1 is 1.05 bits per heavy atom. The minimum absolute atomic E-state index is 0.00108. The summed E-state index contributed by atoms with van der Waals surface area (Å²) in [6, 6.07) is 7.14. The van der Waals surface area contributed by atoms with Gasteiger partial charge in [0.15, 0.2) is 0 Å². The van der Waals surface area contributed by atoms with Gasteiger partial charge in [-0.05, 0) is 24.3 Å². The summed E-state index contributed by atoms with van der Waals surface area (Å²) in [7, 11) is 0. The lowest BCUT2D eigenvalue weighted by molar-refractivity contribution is 0.0687. The zero-order valence-electron chi connectivity index (χ0n) is 9.50. The summed E-state index contributed by atoms with van der Waals surface area (Å²) in [5.74, 6) is -2.31. The van der Waals surface area contributed by atoms with Crippen molar-refractivity contribution in [3.63, 3.8) is 0 Å². The molecule has 0 unspecified atom stereocenters. The molecule has 2 aromatic rings. The van der Waals surface area contributed by atoms with E-state index in [1.54, 1.807) is 0 Å². The van der Waals surface area contributed by atoms with Crippen LogP contribution in [0.4, 0.5) is 0 Å². The lowest BCUT2D eigenvalue weighted by atomic mass is 10.0. The average Bonchev–Trinajstić information content (AvgIpc) is 2.39. The maximum absolute atomic E-state index is 11.1. The topological polar surface area (TPSA) is 87.5 Å². The lowest BCUT2D eigenvalue weighted by Crippen LogP contribution is -2.03. The number of pyridine rings is 1. The molecule has 2 rings (SSSR count). The molecule has 0 aliphatic rings. The van der Waals surface area contributed by atoms with E-state index < -0.39 is 11.9 Å². The summed E-state index contributed by atoms with van der Waals surface area (Å²) >= 11 is 5.76. The van der Waals surface area contributed by atoms with Crippen molar-refractivity contribution in [3.8, 4) is 11.3 Å². The van der Waals surface area contributed by atoms with Crippen LogP contribution >= 0.6 is 11.6 Å². The van der Waals surface area contributed by atoms with E-state index in [0.29, 0.717) is 5.56 Å². The van der Waals surface area contributed by atoms with Gasteiger partial charge in [0.25, 0.3) is 0 Å². The summed E-state index contributed by atoms with van der Waals surface area (Å²) < 4.78 is 0. The van der Waals surface area contributed by atoms with Crippen molar-refractivity contribution in [2.75, 3.05) is 0 Å². The van der Waals surface area contributed by atoms with E-state index in [1.165, 1.54) is 36.5 Å². The van der Waals surface area contributed by atoms with Gasteiger partial charge in [-0.1, -0.05) is 17.7 Å². The molecule has 0 aliphatic heterocycles. The molecule has 0 saturated carbocycles. The number of carboxylic acid groups (broad SMARTS) is 2. The zero-order chi connectivity index (χ0) is 14.0. The molecule has 1 aromatic heterocycles. The SMILES string of the molecule is O=C(O)c1cc(-c2ncccc2C(=O)O)ccc1Cl. The van der Waals surface area contributed by atoms with Gasteiger partial charge in [-0.15, -0.1) is 0 Å². The molecule has 0 fully saturated rings. The van der Waals surface area contributed by atoms with E-state index in [4.69, 9.17) is 21.8 Å². The zero-order valence-corrected chi connectivity index (χ0v) is 10.3. The second kappa shape index (κ2) is 5.07. The van der Waals surface area contributed by atoms with Gasteiger partial charge in [0.2, 0.25) is 0 Å². The van der Waals surface area contributed by atoms with Gasteiger partial charge in [-0.3, -0.25) is 4.98 Å². The van der Waals surface area contributed by atoms with Crippen molar-refractivity contribution in [1.29, 1.82) is 0 Å². The Morgan fingerprint density at radius 3 is 2.37 bits per heavy atom. The Kier molecular flexibility index (Phi) is 3.48. The highest BCUT2D eigenvalue weighted by Gasteiger charge is 2.15. The van der Waals surface area contributed by atoms with E-state index in [-0.39, 0.29) is 21.8 Å². The van der Waals surface area contributed by atoms with Crippen LogP contribution in [0.1, 0.15) is 20.7 Å². The number of carbonyl (C=O) groups is 2. The van der Waals surface area contributed by atoms with Crippen LogP contribution in [0.25, 0.3) is 11.3 Å². The summed E-state index contributed by atoms with van der Waals surface area (Å²) in [6.45, 7) is 0. The number of aromatic carboxylic acids is 2. The van der Waals surface area contributed by atoms with Crippen LogP contribution in [0, 0.1) is 0 Å². The molecule has 0 bridgehead atoms. The second-order valence-corrected chi connectivity index (χ2v) is 4.11. The first kappa shape index (κ1) is 13.0. The summed E-state index contributed by atoms with van der Waals surface area (Å²) in [6.07, 6.45) is 1.44. The number of benzene rings is 1. The standard InChI is InChI=1S/C13H8ClNO4/c14-10-4-3-7(6-9(10)13(18)19)11-8(12(16)17)2-1-5-15-11/h1-6H,(H,16,17)(H,18,19). The molecular weight excluding hydrogens is 270 g/mol. The number of carboxylic acids is 2. The highest BCUT2D eigenvalue weighted by molar-refractivity contribution is 6.33.